The molecule has 1 saturated heterocycles. The molecule has 1 aliphatic heterocycles. The summed E-state index contributed by atoms with van der Waals surface area (Å²) >= 11 is 4.62. The van der Waals surface area contributed by atoms with Crippen LogP contribution in [-0.2, 0) is 4.79 Å². The molecule has 0 saturated carbocycles. The number of benzene rings is 1. The van der Waals surface area contributed by atoms with Crippen LogP contribution in [0.4, 0.5) is 15.8 Å². The Hall–Kier alpha value is -1.93. The molecule has 0 bridgehead atoms. The maximum Gasteiger partial charge on any atom is 0.264 e. The quantitative estimate of drug-likeness (QED) is 0.766. The molecule has 0 spiro atoms. The highest BCUT2D eigenvalue weighted by Gasteiger charge is 2.18. The van der Waals surface area contributed by atoms with Crippen LogP contribution in [-0.4, -0.2) is 43.4 Å². The summed E-state index contributed by atoms with van der Waals surface area (Å²) in [6.07, 6.45) is 2.14. The number of nitrogens with zero attached hydrogens (tertiary/aromatic N) is 2. The van der Waals surface area contributed by atoms with Crippen molar-refractivity contribution >= 4 is 50.5 Å². The first kappa shape index (κ1) is 18.8. The summed E-state index contributed by atoms with van der Waals surface area (Å²) in [5.74, 6) is -0.950. The van der Waals surface area contributed by atoms with Crippen LogP contribution in [0, 0.1) is 5.82 Å². The summed E-state index contributed by atoms with van der Waals surface area (Å²) in [6.45, 7) is 1.60. The van der Waals surface area contributed by atoms with Crippen molar-refractivity contribution < 1.29 is 14.0 Å². The smallest absolute Gasteiger partial charge is 0.264 e. The third-order valence-electron chi connectivity index (χ3n) is 4.19. The SMILES string of the molecule is CN(CC(=O)Nc1ccc(N2CCCC2)c(F)c1)C(=O)c1ccc(Br)s1. The van der Waals surface area contributed by atoms with Gasteiger partial charge in [-0.3, -0.25) is 9.59 Å². The van der Waals surface area contributed by atoms with E-state index >= 15 is 0 Å². The summed E-state index contributed by atoms with van der Waals surface area (Å²) < 4.78 is 15.2. The van der Waals surface area contributed by atoms with E-state index in [1.54, 1.807) is 31.3 Å². The lowest BCUT2D eigenvalue weighted by molar-refractivity contribution is -0.116. The number of carbonyl (C=O) groups is 2. The van der Waals surface area contributed by atoms with Gasteiger partial charge in [-0.1, -0.05) is 0 Å². The summed E-state index contributed by atoms with van der Waals surface area (Å²) in [5, 5.41) is 2.65. The minimum absolute atomic E-state index is 0.107. The van der Waals surface area contributed by atoms with Gasteiger partial charge < -0.3 is 15.1 Å². The molecule has 2 amide bonds. The second-order valence-electron chi connectivity index (χ2n) is 6.17. The second-order valence-corrected chi connectivity index (χ2v) is 8.64. The molecule has 2 aromatic rings. The van der Waals surface area contributed by atoms with Crippen molar-refractivity contribution in [1.82, 2.24) is 4.90 Å². The van der Waals surface area contributed by atoms with Crippen molar-refractivity contribution in [2.75, 3.05) is 36.9 Å². The largest absolute Gasteiger partial charge is 0.369 e. The number of amides is 2. The first-order chi connectivity index (χ1) is 12.4. The van der Waals surface area contributed by atoms with E-state index in [1.165, 1.54) is 22.3 Å². The zero-order chi connectivity index (χ0) is 18.7. The van der Waals surface area contributed by atoms with Crippen molar-refractivity contribution in [3.63, 3.8) is 0 Å². The molecular weight excluding hydrogens is 421 g/mol. The number of carbonyl (C=O) groups excluding carboxylic acids is 2. The van der Waals surface area contributed by atoms with Gasteiger partial charge in [-0.15, -0.1) is 11.3 Å². The van der Waals surface area contributed by atoms with Crippen molar-refractivity contribution in [3.8, 4) is 0 Å². The number of halogens is 2. The van der Waals surface area contributed by atoms with Gasteiger partial charge in [0.2, 0.25) is 5.91 Å². The summed E-state index contributed by atoms with van der Waals surface area (Å²) in [6, 6.07) is 8.19. The normalized spacial score (nSPS) is 13.7. The molecule has 26 heavy (non-hydrogen) atoms. The van der Waals surface area contributed by atoms with Crippen molar-refractivity contribution in [1.29, 1.82) is 0 Å². The fraction of sp³-hybridized carbons (Fsp3) is 0.333. The highest BCUT2D eigenvalue weighted by molar-refractivity contribution is 9.11. The summed E-state index contributed by atoms with van der Waals surface area (Å²) in [7, 11) is 1.56. The molecule has 138 valence electrons. The van der Waals surface area contributed by atoms with Gasteiger partial charge in [0, 0.05) is 25.8 Å². The molecular formula is C18H19BrFN3O2S. The topological polar surface area (TPSA) is 52.7 Å². The average Bonchev–Trinajstić information content (AvgIpc) is 3.25. The molecule has 8 heteroatoms. The number of anilines is 2. The Morgan fingerprint density at radius 2 is 2.00 bits per heavy atom. The molecule has 0 unspecified atom stereocenters. The van der Waals surface area contributed by atoms with Gasteiger partial charge in [0.05, 0.1) is 20.9 Å². The molecule has 3 rings (SSSR count). The van der Waals surface area contributed by atoms with Gasteiger partial charge in [-0.25, -0.2) is 4.39 Å². The number of hydrogen-bond acceptors (Lipinski definition) is 4. The van der Waals surface area contributed by atoms with Crippen molar-refractivity contribution in [2.45, 2.75) is 12.8 Å². The number of likely N-dealkylation sites (N-methyl/N-ethyl adjacent to an activating group) is 1. The molecule has 0 atom stereocenters. The highest BCUT2D eigenvalue weighted by atomic mass is 79.9. The van der Waals surface area contributed by atoms with Gasteiger partial charge in [-0.2, -0.15) is 0 Å². The van der Waals surface area contributed by atoms with Crippen molar-refractivity contribution in [2.24, 2.45) is 0 Å². The minimum Gasteiger partial charge on any atom is -0.369 e. The number of rotatable bonds is 5. The monoisotopic (exact) mass is 439 g/mol. The summed E-state index contributed by atoms with van der Waals surface area (Å²) in [4.78, 5) is 28.3. The van der Waals surface area contributed by atoms with Crippen LogP contribution in [0.3, 0.4) is 0 Å². The van der Waals surface area contributed by atoms with Gasteiger partial charge in [0.15, 0.2) is 0 Å². The lowest BCUT2D eigenvalue weighted by Crippen LogP contribution is -2.34. The maximum atomic E-state index is 14.3. The predicted molar refractivity (Wildman–Crippen MR) is 105 cm³/mol. The predicted octanol–water partition coefficient (Wildman–Crippen LogP) is 3.96. The minimum atomic E-state index is -0.371. The van der Waals surface area contributed by atoms with E-state index in [2.05, 4.69) is 21.2 Å². The van der Waals surface area contributed by atoms with E-state index in [0.29, 0.717) is 16.3 Å². The first-order valence-electron chi connectivity index (χ1n) is 8.29. The zero-order valence-corrected chi connectivity index (χ0v) is 16.7. The van der Waals surface area contributed by atoms with E-state index in [1.807, 2.05) is 4.90 Å². The molecule has 1 aliphatic rings. The van der Waals surface area contributed by atoms with Crippen LogP contribution >= 0.6 is 27.3 Å². The summed E-state index contributed by atoms with van der Waals surface area (Å²) in [5.41, 5.74) is 0.950. The molecule has 1 fully saturated rings. The van der Waals surface area contributed by atoms with Gasteiger partial charge in [-0.05, 0) is 59.1 Å². The van der Waals surface area contributed by atoms with Crippen molar-refractivity contribution in [3.05, 3.63) is 44.8 Å². The molecule has 5 nitrogen and oxygen atoms in total. The van der Waals surface area contributed by atoms with Gasteiger partial charge >= 0.3 is 0 Å². The van der Waals surface area contributed by atoms with E-state index in [-0.39, 0.29) is 24.2 Å². The van der Waals surface area contributed by atoms with E-state index in [0.717, 1.165) is 29.7 Å². The Kier molecular flexibility index (Phi) is 5.93. The van der Waals surface area contributed by atoms with Crippen LogP contribution in [0.5, 0.6) is 0 Å². The Morgan fingerprint density at radius 3 is 2.62 bits per heavy atom. The maximum absolute atomic E-state index is 14.3. The lowest BCUT2D eigenvalue weighted by Gasteiger charge is -2.19. The molecule has 0 radical (unpaired) electrons. The molecule has 2 heterocycles. The van der Waals surface area contributed by atoms with Crippen LogP contribution < -0.4 is 10.2 Å². The van der Waals surface area contributed by atoms with E-state index in [4.69, 9.17) is 0 Å². The van der Waals surface area contributed by atoms with E-state index < -0.39 is 0 Å². The van der Waals surface area contributed by atoms with Gasteiger partial charge in [0.25, 0.3) is 5.91 Å². The molecule has 0 aliphatic carbocycles. The lowest BCUT2D eigenvalue weighted by atomic mass is 10.2. The molecule has 1 aromatic carbocycles. The number of nitrogens with one attached hydrogen (secondary N) is 1. The highest BCUT2D eigenvalue weighted by Crippen LogP contribution is 2.26. The third kappa shape index (κ3) is 4.42. The van der Waals surface area contributed by atoms with E-state index in [9.17, 15) is 14.0 Å². The Balaban J connectivity index is 1.59. The molecule has 1 N–H and O–H groups in total. The number of hydrogen-bond donors (Lipinski definition) is 1. The fourth-order valence-electron chi connectivity index (χ4n) is 2.90. The fourth-order valence-corrected chi connectivity index (χ4v) is 4.28. The average molecular weight is 440 g/mol. The van der Waals surface area contributed by atoms with Gasteiger partial charge in [0.1, 0.15) is 5.82 Å². The van der Waals surface area contributed by atoms with Crippen LogP contribution in [0.2, 0.25) is 0 Å². The Labute approximate surface area is 163 Å². The third-order valence-corrected chi connectivity index (χ3v) is 5.80. The second kappa shape index (κ2) is 8.18. The Bertz CT molecular complexity index is 821. The standard InChI is InChI=1S/C18H19BrFN3O2S/c1-22(18(25)15-6-7-16(19)26-15)11-17(24)21-12-4-5-14(13(20)10-12)23-8-2-3-9-23/h4-7,10H,2-3,8-9,11H2,1H3,(H,21,24). The zero-order valence-electron chi connectivity index (χ0n) is 14.3. The van der Waals surface area contributed by atoms with Crippen LogP contribution in [0.15, 0.2) is 34.1 Å². The first-order valence-corrected chi connectivity index (χ1v) is 9.90. The Morgan fingerprint density at radius 1 is 1.27 bits per heavy atom. The van der Waals surface area contributed by atoms with Crippen LogP contribution in [0.25, 0.3) is 0 Å². The van der Waals surface area contributed by atoms with Crippen LogP contribution in [0.1, 0.15) is 22.5 Å². The molecule has 1 aromatic heterocycles. The number of thiophene rings is 1.